The molecule has 0 aliphatic carbocycles. The molecule has 0 amide bonds. The lowest BCUT2D eigenvalue weighted by Gasteiger charge is -2.32. The third-order valence-electron chi connectivity index (χ3n) is 5.53. The Kier molecular flexibility index (Phi) is 7.57. The van der Waals surface area contributed by atoms with E-state index in [-0.39, 0.29) is 0 Å². The standard InChI is InChI=1S/C24H34N6/c1-6-7-14-29(5)16-13-26-24-27-19(3)22-21(25-4)12-15-30(23(22)28-24)17-20-10-8-18(2)9-11-20/h6,8-11H,1,7,12-17H2,2-5H3,(H,26,27,28). The van der Waals surface area contributed by atoms with E-state index in [9.17, 15) is 0 Å². The number of nitrogens with zero attached hydrogens (tertiary/aromatic N) is 5. The topological polar surface area (TPSA) is 56.6 Å². The van der Waals surface area contributed by atoms with Crippen molar-refractivity contribution in [2.75, 3.05) is 50.5 Å². The van der Waals surface area contributed by atoms with Crippen LogP contribution < -0.4 is 10.2 Å². The predicted octanol–water partition coefficient (Wildman–Crippen LogP) is 3.84. The monoisotopic (exact) mass is 406 g/mol. The highest BCUT2D eigenvalue weighted by atomic mass is 15.2. The molecule has 3 rings (SSSR count). The van der Waals surface area contributed by atoms with Gasteiger partial charge in [0.2, 0.25) is 5.95 Å². The van der Waals surface area contributed by atoms with Crippen LogP contribution in [-0.4, -0.2) is 60.9 Å². The second-order valence-electron chi connectivity index (χ2n) is 7.97. The van der Waals surface area contributed by atoms with Crippen LogP contribution in [0.5, 0.6) is 0 Å². The number of likely N-dealkylation sites (N-methyl/N-ethyl adjacent to an activating group) is 1. The maximum Gasteiger partial charge on any atom is 0.224 e. The average Bonchev–Trinajstić information content (AvgIpc) is 2.74. The van der Waals surface area contributed by atoms with Crippen molar-refractivity contribution in [3.8, 4) is 0 Å². The molecule has 6 heteroatoms. The van der Waals surface area contributed by atoms with Gasteiger partial charge in [0.1, 0.15) is 5.82 Å². The molecule has 2 aromatic rings. The van der Waals surface area contributed by atoms with E-state index in [0.717, 1.165) is 68.4 Å². The lowest BCUT2D eigenvalue weighted by atomic mass is 10.0. The molecule has 2 heterocycles. The van der Waals surface area contributed by atoms with Crippen LogP contribution in [0.25, 0.3) is 0 Å². The van der Waals surface area contributed by atoms with Crippen LogP contribution in [0.15, 0.2) is 41.9 Å². The Labute approximate surface area is 180 Å². The van der Waals surface area contributed by atoms with Gasteiger partial charge in [-0.1, -0.05) is 35.9 Å². The zero-order chi connectivity index (χ0) is 21.5. The Bertz CT molecular complexity index is 887. The minimum absolute atomic E-state index is 0.689. The van der Waals surface area contributed by atoms with Crippen LogP contribution in [0.4, 0.5) is 11.8 Å². The molecular weight excluding hydrogens is 372 g/mol. The van der Waals surface area contributed by atoms with Crippen molar-refractivity contribution in [2.45, 2.75) is 33.2 Å². The quantitative estimate of drug-likeness (QED) is 0.641. The molecule has 1 aliphatic heterocycles. The van der Waals surface area contributed by atoms with E-state index in [2.05, 4.69) is 71.8 Å². The zero-order valence-corrected chi connectivity index (χ0v) is 18.8. The number of nitrogens with one attached hydrogen (secondary N) is 1. The molecule has 30 heavy (non-hydrogen) atoms. The van der Waals surface area contributed by atoms with Gasteiger partial charge in [0.25, 0.3) is 0 Å². The first-order valence-electron chi connectivity index (χ1n) is 10.7. The van der Waals surface area contributed by atoms with Crippen LogP contribution in [0, 0.1) is 13.8 Å². The van der Waals surface area contributed by atoms with Gasteiger partial charge in [0.05, 0.1) is 11.3 Å². The number of fused-ring (bicyclic) bond motifs is 1. The van der Waals surface area contributed by atoms with E-state index in [4.69, 9.17) is 9.97 Å². The molecule has 0 saturated carbocycles. The molecule has 1 aromatic carbocycles. The summed E-state index contributed by atoms with van der Waals surface area (Å²) in [7, 11) is 3.98. The van der Waals surface area contributed by atoms with Crippen molar-refractivity contribution in [3.63, 3.8) is 0 Å². The maximum atomic E-state index is 4.91. The number of anilines is 2. The van der Waals surface area contributed by atoms with Crippen LogP contribution >= 0.6 is 0 Å². The number of aliphatic imine (C=N–C) groups is 1. The minimum atomic E-state index is 0.689. The SMILES string of the molecule is C=CCCN(C)CCNc1nc(C)c2c(n1)N(Cc1ccc(C)cc1)CCC2=NC. The summed E-state index contributed by atoms with van der Waals surface area (Å²) in [5.41, 5.74) is 5.73. The van der Waals surface area contributed by atoms with E-state index in [1.165, 1.54) is 11.1 Å². The molecular formula is C24H34N6. The summed E-state index contributed by atoms with van der Waals surface area (Å²) in [6, 6.07) is 8.73. The van der Waals surface area contributed by atoms with Gasteiger partial charge in [-0.2, -0.15) is 4.98 Å². The highest BCUT2D eigenvalue weighted by Gasteiger charge is 2.26. The number of benzene rings is 1. The van der Waals surface area contributed by atoms with Crippen molar-refractivity contribution in [2.24, 2.45) is 4.99 Å². The van der Waals surface area contributed by atoms with Crippen molar-refractivity contribution < 1.29 is 0 Å². The Hall–Kier alpha value is -2.73. The summed E-state index contributed by atoms with van der Waals surface area (Å²) in [6.45, 7) is 12.5. The van der Waals surface area contributed by atoms with E-state index in [1.807, 2.05) is 13.1 Å². The lowest BCUT2D eigenvalue weighted by Crippen LogP contribution is -2.34. The van der Waals surface area contributed by atoms with Crippen LogP contribution in [-0.2, 0) is 6.54 Å². The first-order chi connectivity index (χ1) is 14.5. The summed E-state index contributed by atoms with van der Waals surface area (Å²) < 4.78 is 0. The van der Waals surface area contributed by atoms with Gasteiger partial charge in [-0.05, 0) is 32.9 Å². The van der Waals surface area contributed by atoms with E-state index < -0.39 is 0 Å². The fourth-order valence-corrected chi connectivity index (χ4v) is 3.75. The maximum absolute atomic E-state index is 4.91. The van der Waals surface area contributed by atoms with E-state index in [0.29, 0.717) is 5.95 Å². The van der Waals surface area contributed by atoms with Crippen LogP contribution in [0.2, 0.25) is 0 Å². The van der Waals surface area contributed by atoms with Crippen molar-refractivity contribution in [3.05, 3.63) is 59.3 Å². The summed E-state index contributed by atoms with van der Waals surface area (Å²) in [6.07, 6.45) is 3.87. The van der Waals surface area contributed by atoms with Gasteiger partial charge >= 0.3 is 0 Å². The Morgan fingerprint density at radius 3 is 2.67 bits per heavy atom. The van der Waals surface area contributed by atoms with Crippen molar-refractivity contribution in [1.29, 1.82) is 0 Å². The summed E-state index contributed by atoms with van der Waals surface area (Å²) >= 11 is 0. The molecule has 0 radical (unpaired) electrons. The predicted molar refractivity (Wildman–Crippen MR) is 127 cm³/mol. The van der Waals surface area contributed by atoms with Crippen molar-refractivity contribution in [1.82, 2.24) is 14.9 Å². The molecule has 1 aliphatic rings. The fraction of sp³-hybridized carbons (Fsp3) is 0.458. The molecule has 0 unspecified atom stereocenters. The van der Waals surface area contributed by atoms with Crippen molar-refractivity contribution >= 4 is 17.5 Å². The van der Waals surface area contributed by atoms with Crippen LogP contribution in [0.3, 0.4) is 0 Å². The largest absolute Gasteiger partial charge is 0.353 e. The molecule has 0 fully saturated rings. The van der Waals surface area contributed by atoms with Gasteiger partial charge in [-0.3, -0.25) is 4.99 Å². The Morgan fingerprint density at radius 1 is 1.20 bits per heavy atom. The van der Waals surface area contributed by atoms with Gasteiger partial charge < -0.3 is 15.1 Å². The summed E-state index contributed by atoms with van der Waals surface area (Å²) in [5.74, 6) is 1.67. The van der Waals surface area contributed by atoms with Gasteiger partial charge in [0.15, 0.2) is 0 Å². The highest BCUT2D eigenvalue weighted by Crippen LogP contribution is 2.30. The first-order valence-corrected chi connectivity index (χ1v) is 10.7. The molecule has 0 atom stereocenters. The Balaban J connectivity index is 1.79. The number of aryl methyl sites for hydroxylation is 2. The van der Waals surface area contributed by atoms with Gasteiger partial charge in [-0.25, -0.2) is 4.98 Å². The lowest BCUT2D eigenvalue weighted by molar-refractivity contribution is 0.354. The minimum Gasteiger partial charge on any atom is -0.353 e. The third kappa shape index (κ3) is 5.45. The van der Waals surface area contributed by atoms with Gasteiger partial charge in [-0.15, -0.1) is 6.58 Å². The number of rotatable bonds is 9. The zero-order valence-electron chi connectivity index (χ0n) is 18.8. The number of hydrogen-bond acceptors (Lipinski definition) is 6. The number of aromatic nitrogens is 2. The normalized spacial score (nSPS) is 14.8. The van der Waals surface area contributed by atoms with E-state index in [1.54, 1.807) is 0 Å². The third-order valence-corrected chi connectivity index (χ3v) is 5.53. The molecule has 160 valence electrons. The molecule has 0 spiro atoms. The first kappa shape index (κ1) is 22.0. The molecule has 0 bridgehead atoms. The second kappa shape index (κ2) is 10.3. The highest BCUT2D eigenvalue weighted by molar-refractivity contribution is 6.07. The average molecular weight is 407 g/mol. The number of hydrogen-bond donors (Lipinski definition) is 1. The summed E-state index contributed by atoms with van der Waals surface area (Å²) in [5, 5.41) is 3.41. The summed E-state index contributed by atoms with van der Waals surface area (Å²) in [4.78, 5) is 18.8. The fourth-order valence-electron chi connectivity index (χ4n) is 3.75. The molecule has 1 N–H and O–H groups in total. The molecule has 6 nitrogen and oxygen atoms in total. The Morgan fingerprint density at radius 2 is 1.97 bits per heavy atom. The van der Waals surface area contributed by atoms with E-state index >= 15 is 0 Å². The smallest absolute Gasteiger partial charge is 0.224 e. The second-order valence-corrected chi connectivity index (χ2v) is 7.97. The van der Waals surface area contributed by atoms with Gasteiger partial charge in [0, 0.05) is 51.9 Å². The van der Waals surface area contributed by atoms with Crippen LogP contribution in [0.1, 0.15) is 35.2 Å². The molecule has 0 saturated heterocycles. The molecule has 1 aromatic heterocycles.